The van der Waals surface area contributed by atoms with Gasteiger partial charge >= 0.3 is 0 Å². The molecule has 8 heteroatoms. The topological polar surface area (TPSA) is 70.8 Å². The molecule has 1 aromatic heterocycles. The summed E-state index contributed by atoms with van der Waals surface area (Å²) in [5, 5.41) is 7.49. The summed E-state index contributed by atoms with van der Waals surface area (Å²) in [6.07, 6.45) is 0.429. The third kappa shape index (κ3) is 5.69. The quantitative estimate of drug-likeness (QED) is 0.781. The lowest BCUT2D eigenvalue weighted by atomic mass is 10.2. The highest BCUT2D eigenvalue weighted by molar-refractivity contribution is 6.31. The van der Waals surface area contributed by atoms with Crippen molar-refractivity contribution >= 4 is 23.2 Å². The standard InChI is InChI=1S/C19H25ClN4O3/c1-14-11-16(22-27-14)13-24-9-7-23(8-10-24)6-5-19(25)21-17-12-15(20)3-4-18(17)26-2/h3-4,11-12H,5-10,13H2,1-2H3,(H,21,25). The fourth-order valence-electron chi connectivity index (χ4n) is 3.14. The first kappa shape index (κ1) is 19.7. The highest BCUT2D eigenvalue weighted by Crippen LogP contribution is 2.27. The molecule has 27 heavy (non-hydrogen) atoms. The SMILES string of the molecule is COc1ccc(Cl)cc1NC(=O)CCN1CCN(Cc2cc(C)on2)CC1. The van der Waals surface area contributed by atoms with Gasteiger partial charge in [0.15, 0.2) is 0 Å². The van der Waals surface area contributed by atoms with E-state index in [1.165, 1.54) is 0 Å². The summed E-state index contributed by atoms with van der Waals surface area (Å²) in [5.41, 5.74) is 1.57. The molecule has 2 heterocycles. The second kappa shape index (κ2) is 9.21. The predicted octanol–water partition coefficient (Wildman–Crippen LogP) is 2.79. The first-order chi connectivity index (χ1) is 13.0. The number of benzene rings is 1. The van der Waals surface area contributed by atoms with E-state index in [2.05, 4.69) is 20.3 Å². The molecular formula is C19H25ClN4O3. The number of carbonyl (C=O) groups excluding carboxylic acids is 1. The van der Waals surface area contributed by atoms with Gasteiger partial charge in [-0.1, -0.05) is 16.8 Å². The number of nitrogens with one attached hydrogen (secondary N) is 1. The average molecular weight is 393 g/mol. The molecule has 0 bridgehead atoms. The Labute approximate surface area is 164 Å². The number of hydrogen-bond acceptors (Lipinski definition) is 6. The number of aromatic nitrogens is 1. The van der Waals surface area contributed by atoms with Gasteiger partial charge in [-0.15, -0.1) is 0 Å². The van der Waals surface area contributed by atoms with Crippen molar-refractivity contribution in [2.24, 2.45) is 0 Å². The van der Waals surface area contributed by atoms with Crippen LogP contribution in [0.15, 0.2) is 28.8 Å². The summed E-state index contributed by atoms with van der Waals surface area (Å²) in [5.74, 6) is 1.39. The fraction of sp³-hybridized carbons (Fsp3) is 0.474. The Bertz CT molecular complexity index is 772. The zero-order valence-electron chi connectivity index (χ0n) is 15.7. The van der Waals surface area contributed by atoms with E-state index in [9.17, 15) is 4.79 Å². The summed E-state index contributed by atoms with van der Waals surface area (Å²) in [6, 6.07) is 7.15. The van der Waals surface area contributed by atoms with Gasteiger partial charge in [-0.2, -0.15) is 0 Å². The second-order valence-corrected chi connectivity index (χ2v) is 7.13. The van der Waals surface area contributed by atoms with Crippen LogP contribution >= 0.6 is 11.6 Å². The lowest BCUT2D eigenvalue weighted by molar-refractivity contribution is -0.116. The van der Waals surface area contributed by atoms with Gasteiger partial charge in [-0.25, -0.2) is 0 Å². The number of aryl methyl sites for hydroxylation is 1. The van der Waals surface area contributed by atoms with Crippen molar-refractivity contribution in [3.63, 3.8) is 0 Å². The molecule has 1 fully saturated rings. The van der Waals surface area contributed by atoms with Crippen LogP contribution in [0.3, 0.4) is 0 Å². The second-order valence-electron chi connectivity index (χ2n) is 6.69. The Morgan fingerprint density at radius 2 is 2.00 bits per heavy atom. The molecule has 0 unspecified atom stereocenters. The van der Waals surface area contributed by atoms with Gasteiger partial charge in [0.1, 0.15) is 11.5 Å². The van der Waals surface area contributed by atoms with Crippen molar-refractivity contribution < 1.29 is 14.1 Å². The van der Waals surface area contributed by atoms with E-state index in [1.54, 1.807) is 25.3 Å². The number of amides is 1. The highest BCUT2D eigenvalue weighted by Gasteiger charge is 2.19. The number of halogens is 1. The van der Waals surface area contributed by atoms with Gasteiger partial charge in [0.2, 0.25) is 5.91 Å². The maximum atomic E-state index is 12.3. The molecule has 0 spiro atoms. The average Bonchev–Trinajstić information content (AvgIpc) is 3.06. The number of ether oxygens (including phenoxy) is 1. The van der Waals surface area contributed by atoms with Crippen LogP contribution in [0.2, 0.25) is 5.02 Å². The van der Waals surface area contributed by atoms with Crippen LogP contribution in [0.1, 0.15) is 17.9 Å². The van der Waals surface area contributed by atoms with E-state index >= 15 is 0 Å². The van der Waals surface area contributed by atoms with E-state index < -0.39 is 0 Å². The van der Waals surface area contributed by atoms with E-state index in [-0.39, 0.29) is 5.91 Å². The molecule has 0 aliphatic carbocycles. The Balaban J connectivity index is 1.41. The number of rotatable bonds is 7. The molecular weight excluding hydrogens is 368 g/mol. The molecule has 1 N–H and O–H groups in total. The van der Waals surface area contributed by atoms with Gasteiger partial charge in [0.25, 0.3) is 0 Å². The van der Waals surface area contributed by atoms with Gasteiger partial charge < -0.3 is 19.5 Å². The molecule has 1 saturated heterocycles. The molecule has 2 aromatic rings. The van der Waals surface area contributed by atoms with Gasteiger partial charge in [0.05, 0.1) is 18.5 Å². The Hall–Kier alpha value is -2.09. The molecule has 1 aromatic carbocycles. The normalized spacial score (nSPS) is 15.7. The highest BCUT2D eigenvalue weighted by atomic mass is 35.5. The monoisotopic (exact) mass is 392 g/mol. The Morgan fingerprint density at radius 1 is 1.26 bits per heavy atom. The molecule has 0 atom stereocenters. The third-order valence-electron chi connectivity index (χ3n) is 4.62. The molecule has 146 valence electrons. The van der Waals surface area contributed by atoms with Crippen LogP contribution in [0.5, 0.6) is 5.75 Å². The first-order valence-electron chi connectivity index (χ1n) is 9.04. The molecule has 1 aliphatic heterocycles. The summed E-state index contributed by atoms with van der Waals surface area (Å²) >= 11 is 6.00. The van der Waals surface area contributed by atoms with Crippen molar-refractivity contribution in [3.05, 3.63) is 40.7 Å². The van der Waals surface area contributed by atoms with E-state index in [0.29, 0.717) is 22.9 Å². The summed E-state index contributed by atoms with van der Waals surface area (Å²) in [7, 11) is 1.57. The van der Waals surface area contributed by atoms with Crippen LogP contribution in [0, 0.1) is 6.92 Å². The largest absolute Gasteiger partial charge is 0.495 e. The van der Waals surface area contributed by atoms with E-state index in [4.69, 9.17) is 20.9 Å². The van der Waals surface area contributed by atoms with Crippen molar-refractivity contribution in [1.82, 2.24) is 15.0 Å². The Kier molecular flexibility index (Phi) is 6.71. The zero-order chi connectivity index (χ0) is 19.2. The predicted molar refractivity (Wildman–Crippen MR) is 104 cm³/mol. The zero-order valence-corrected chi connectivity index (χ0v) is 16.5. The number of nitrogens with zero attached hydrogens (tertiary/aromatic N) is 3. The van der Waals surface area contributed by atoms with Gasteiger partial charge in [0, 0.05) is 56.8 Å². The third-order valence-corrected chi connectivity index (χ3v) is 4.85. The number of piperazine rings is 1. The summed E-state index contributed by atoms with van der Waals surface area (Å²) in [6.45, 7) is 7.21. The van der Waals surface area contributed by atoms with Gasteiger partial charge in [-0.05, 0) is 25.1 Å². The minimum Gasteiger partial charge on any atom is -0.495 e. The van der Waals surface area contributed by atoms with Gasteiger partial charge in [-0.3, -0.25) is 9.69 Å². The lowest BCUT2D eigenvalue weighted by Crippen LogP contribution is -2.46. The molecule has 1 aliphatic rings. The number of methoxy groups -OCH3 is 1. The molecule has 3 rings (SSSR count). The minimum absolute atomic E-state index is 0.0453. The molecule has 0 saturated carbocycles. The van der Waals surface area contributed by atoms with E-state index in [0.717, 1.165) is 50.7 Å². The number of anilines is 1. The van der Waals surface area contributed by atoms with Crippen LogP contribution in [0.4, 0.5) is 5.69 Å². The van der Waals surface area contributed by atoms with Crippen molar-refractivity contribution in [3.8, 4) is 5.75 Å². The maximum Gasteiger partial charge on any atom is 0.225 e. The molecule has 7 nitrogen and oxygen atoms in total. The molecule has 1 amide bonds. The smallest absolute Gasteiger partial charge is 0.225 e. The van der Waals surface area contributed by atoms with Crippen LogP contribution < -0.4 is 10.1 Å². The summed E-state index contributed by atoms with van der Waals surface area (Å²) in [4.78, 5) is 16.9. The van der Waals surface area contributed by atoms with Crippen LogP contribution in [0.25, 0.3) is 0 Å². The summed E-state index contributed by atoms with van der Waals surface area (Å²) < 4.78 is 10.4. The number of hydrogen-bond donors (Lipinski definition) is 1. The minimum atomic E-state index is -0.0453. The fourth-order valence-corrected chi connectivity index (χ4v) is 3.31. The first-order valence-corrected chi connectivity index (χ1v) is 9.41. The van der Waals surface area contributed by atoms with Crippen LogP contribution in [-0.2, 0) is 11.3 Å². The van der Waals surface area contributed by atoms with Crippen molar-refractivity contribution in [2.75, 3.05) is 45.2 Å². The Morgan fingerprint density at radius 3 is 2.67 bits per heavy atom. The maximum absolute atomic E-state index is 12.3. The van der Waals surface area contributed by atoms with Crippen LogP contribution in [-0.4, -0.2) is 60.7 Å². The van der Waals surface area contributed by atoms with Crippen molar-refractivity contribution in [1.29, 1.82) is 0 Å². The van der Waals surface area contributed by atoms with Crippen molar-refractivity contribution in [2.45, 2.75) is 19.9 Å². The molecule has 0 radical (unpaired) electrons. The number of carbonyl (C=O) groups is 1. The lowest BCUT2D eigenvalue weighted by Gasteiger charge is -2.34. The van der Waals surface area contributed by atoms with E-state index in [1.807, 2.05) is 13.0 Å².